The van der Waals surface area contributed by atoms with E-state index in [9.17, 15) is 14.7 Å². The Balaban J connectivity index is 1.84. The summed E-state index contributed by atoms with van der Waals surface area (Å²) < 4.78 is 1.77. The molecule has 0 radical (unpaired) electrons. The maximum atomic E-state index is 12.7. The first kappa shape index (κ1) is 15.3. The quantitative estimate of drug-likeness (QED) is 0.878. The highest BCUT2D eigenvalue weighted by Crippen LogP contribution is 2.27. The van der Waals surface area contributed by atoms with Crippen LogP contribution < -0.4 is 0 Å². The standard InChI is InChI=1S/C15H19N5O3/c1-3-20-7-10(4-17-20)13-11(5-16-18-13)14(21)19-6-9(2)12(8-19)15(22)23/h4-5,7,9,12H,3,6,8H2,1-2H3,(H,16,18)(H,22,23)/t9-,12-/m1/s1. The number of nitrogens with one attached hydrogen (secondary N) is 1. The van der Waals surface area contributed by atoms with Gasteiger partial charge in [-0.15, -0.1) is 0 Å². The number of aromatic nitrogens is 4. The molecule has 122 valence electrons. The van der Waals surface area contributed by atoms with Gasteiger partial charge >= 0.3 is 5.97 Å². The van der Waals surface area contributed by atoms with Crippen LogP contribution in [0.15, 0.2) is 18.6 Å². The van der Waals surface area contributed by atoms with Crippen molar-refractivity contribution in [2.45, 2.75) is 20.4 Å². The summed E-state index contributed by atoms with van der Waals surface area (Å²) in [6.45, 7) is 5.24. The van der Waals surface area contributed by atoms with Gasteiger partial charge in [0.15, 0.2) is 0 Å². The fourth-order valence-electron chi connectivity index (χ4n) is 2.96. The molecule has 8 nitrogen and oxygen atoms in total. The average molecular weight is 317 g/mol. The summed E-state index contributed by atoms with van der Waals surface area (Å²) in [5.41, 5.74) is 1.84. The van der Waals surface area contributed by atoms with Gasteiger partial charge in [0.05, 0.1) is 29.6 Å². The van der Waals surface area contributed by atoms with E-state index in [1.54, 1.807) is 15.8 Å². The Hall–Kier alpha value is -2.64. The zero-order valence-electron chi connectivity index (χ0n) is 13.1. The molecule has 0 aliphatic carbocycles. The summed E-state index contributed by atoms with van der Waals surface area (Å²) >= 11 is 0. The molecule has 2 aromatic heterocycles. The van der Waals surface area contributed by atoms with Crippen molar-refractivity contribution in [3.05, 3.63) is 24.2 Å². The molecule has 1 amide bonds. The number of aliphatic carboxylic acids is 1. The van der Waals surface area contributed by atoms with Gasteiger partial charge in [0.25, 0.3) is 5.91 Å². The number of hydrogen-bond acceptors (Lipinski definition) is 4. The lowest BCUT2D eigenvalue weighted by Crippen LogP contribution is -2.30. The van der Waals surface area contributed by atoms with Gasteiger partial charge in [-0.2, -0.15) is 10.2 Å². The van der Waals surface area contributed by atoms with E-state index in [0.717, 1.165) is 12.1 Å². The van der Waals surface area contributed by atoms with Crippen LogP contribution in [-0.4, -0.2) is 55.0 Å². The van der Waals surface area contributed by atoms with Gasteiger partial charge in [0.2, 0.25) is 0 Å². The van der Waals surface area contributed by atoms with Crippen LogP contribution in [0.25, 0.3) is 11.3 Å². The maximum Gasteiger partial charge on any atom is 0.308 e. The summed E-state index contributed by atoms with van der Waals surface area (Å²) in [7, 11) is 0. The second-order valence-corrected chi connectivity index (χ2v) is 5.88. The Morgan fingerprint density at radius 1 is 1.39 bits per heavy atom. The number of carboxylic acid groups (broad SMARTS) is 1. The van der Waals surface area contributed by atoms with Crippen molar-refractivity contribution in [1.82, 2.24) is 24.9 Å². The molecule has 1 saturated heterocycles. The van der Waals surface area contributed by atoms with Crippen LogP contribution in [0.3, 0.4) is 0 Å². The molecule has 2 N–H and O–H groups in total. The molecule has 8 heteroatoms. The fraction of sp³-hybridized carbons (Fsp3) is 0.467. The molecule has 0 aromatic carbocycles. The van der Waals surface area contributed by atoms with Crippen LogP contribution in [0.1, 0.15) is 24.2 Å². The Kier molecular flexibility index (Phi) is 3.89. The number of likely N-dealkylation sites (tertiary alicyclic amines) is 1. The van der Waals surface area contributed by atoms with E-state index < -0.39 is 11.9 Å². The number of rotatable bonds is 4. The number of carbonyl (C=O) groups excluding carboxylic acids is 1. The van der Waals surface area contributed by atoms with Crippen molar-refractivity contribution in [3.63, 3.8) is 0 Å². The minimum Gasteiger partial charge on any atom is -0.481 e. The van der Waals surface area contributed by atoms with Crippen molar-refractivity contribution in [2.24, 2.45) is 11.8 Å². The normalized spacial score (nSPS) is 20.9. The lowest BCUT2D eigenvalue weighted by atomic mass is 9.99. The topological polar surface area (TPSA) is 104 Å². The van der Waals surface area contributed by atoms with Gasteiger partial charge in [-0.25, -0.2) is 0 Å². The number of aryl methyl sites for hydroxylation is 1. The number of H-pyrrole nitrogens is 1. The number of carbonyl (C=O) groups is 2. The molecule has 0 unspecified atom stereocenters. The number of amides is 1. The lowest BCUT2D eigenvalue weighted by molar-refractivity contribution is -0.142. The predicted octanol–water partition coefficient (Wildman–Crippen LogP) is 1.09. The summed E-state index contributed by atoms with van der Waals surface area (Å²) in [5.74, 6) is -1.63. The zero-order valence-corrected chi connectivity index (χ0v) is 13.1. The molecule has 2 aromatic rings. The third kappa shape index (κ3) is 2.71. The van der Waals surface area contributed by atoms with Crippen molar-refractivity contribution < 1.29 is 14.7 Å². The molecule has 0 saturated carbocycles. The van der Waals surface area contributed by atoms with Crippen molar-refractivity contribution >= 4 is 11.9 Å². The second kappa shape index (κ2) is 5.86. The van der Waals surface area contributed by atoms with Crippen LogP contribution in [0, 0.1) is 11.8 Å². The summed E-state index contributed by atoms with van der Waals surface area (Å²) in [6.07, 6.45) is 5.01. The lowest BCUT2D eigenvalue weighted by Gasteiger charge is -2.15. The van der Waals surface area contributed by atoms with Crippen LogP contribution in [0.2, 0.25) is 0 Å². The highest BCUT2D eigenvalue weighted by Gasteiger charge is 2.38. The zero-order chi connectivity index (χ0) is 16.6. The van der Waals surface area contributed by atoms with Gasteiger partial charge in [-0.05, 0) is 12.8 Å². The van der Waals surface area contributed by atoms with Gasteiger partial charge in [-0.3, -0.25) is 19.4 Å². The first-order valence-electron chi connectivity index (χ1n) is 7.59. The average Bonchev–Trinajstić information content (AvgIpc) is 3.24. The smallest absolute Gasteiger partial charge is 0.308 e. The van der Waals surface area contributed by atoms with E-state index in [0.29, 0.717) is 17.8 Å². The van der Waals surface area contributed by atoms with E-state index in [1.807, 2.05) is 20.0 Å². The summed E-state index contributed by atoms with van der Waals surface area (Å²) in [6, 6.07) is 0. The maximum absolute atomic E-state index is 12.7. The van der Waals surface area contributed by atoms with Crippen LogP contribution in [0.5, 0.6) is 0 Å². The van der Waals surface area contributed by atoms with Gasteiger partial charge in [-0.1, -0.05) is 6.92 Å². The van der Waals surface area contributed by atoms with Crippen molar-refractivity contribution in [3.8, 4) is 11.3 Å². The Bertz CT molecular complexity index is 735. The summed E-state index contributed by atoms with van der Waals surface area (Å²) in [4.78, 5) is 25.5. The van der Waals surface area contributed by atoms with Gasteiger partial charge < -0.3 is 10.0 Å². The molecular weight excluding hydrogens is 298 g/mol. The van der Waals surface area contributed by atoms with Crippen LogP contribution in [0.4, 0.5) is 0 Å². The first-order valence-corrected chi connectivity index (χ1v) is 7.59. The molecule has 0 bridgehead atoms. The number of hydrogen-bond donors (Lipinski definition) is 2. The Morgan fingerprint density at radius 2 is 2.17 bits per heavy atom. The first-order chi connectivity index (χ1) is 11.0. The highest BCUT2D eigenvalue weighted by molar-refractivity contribution is 6.00. The van der Waals surface area contributed by atoms with E-state index in [2.05, 4.69) is 15.3 Å². The molecule has 3 heterocycles. The highest BCUT2D eigenvalue weighted by atomic mass is 16.4. The predicted molar refractivity (Wildman–Crippen MR) is 81.7 cm³/mol. The van der Waals surface area contributed by atoms with E-state index in [-0.39, 0.29) is 18.4 Å². The molecule has 23 heavy (non-hydrogen) atoms. The molecule has 1 aliphatic heterocycles. The number of nitrogens with zero attached hydrogens (tertiary/aromatic N) is 4. The molecule has 1 fully saturated rings. The molecule has 3 rings (SSSR count). The number of aromatic amines is 1. The number of carboxylic acids is 1. The minimum atomic E-state index is -0.857. The minimum absolute atomic E-state index is 0.0605. The van der Waals surface area contributed by atoms with E-state index in [4.69, 9.17) is 0 Å². The van der Waals surface area contributed by atoms with Crippen LogP contribution in [-0.2, 0) is 11.3 Å². The third-order valence-electron chi connectivity index (χ3n) is 4.33. The van der Waals surface area contributed by atoms with Gasteiger partial charge in [0, 0.05) is 31.4 Å². The van der Waals surface area contributed by atoms with Crippen molar-refractivity contribution in [1.29, 1.82) is 0 Å². The summed E-state index contributed by atoms with van der Waals surface area (Å²) in [5, 5.41) is 20.2. The fourth-order valence-corrected chi connectivity index (χ4v) is 2.96. The van der Waals surface area contributed by atoms with Crippen molar-refractivity contribution in [2.75, 3.05) is 13.1 Å². The van der Waals surface area contributed by atoms with Gasteiger partial charge in [0.1, 0.15) is 0 Å². The van der Waals surface area contributed by atoms with E-state index in [1.165, 1.54) is 6.20 Å². The second-order valence-electron chi connectivity index (χ2n) is 5.88. The molecular formula is C15H19N5O3. The SMILES string of the molecule is CCn1cc(-c2[nH]ncc2C(=O)N2C[C@@H](C)[C@H](C(=O)O)C2)cn1. The largest absolute Gasteiger partial charge is 0.481 e. The Morgan fingerprint density at radius 3 is 2.78 bits per heavy atom. The molecule has 1 aliphatic rings. The third-order valence-corrected chi connectivity index (χ3v) is 4.33. The monoisotopic (exact) mass is 317 g/mol. The molecule has 0 spiro atoms. The van der Waals surface area contributed by atoms with Crippen LogP contribution >= 0.6 is 0 Å². The molecule has 2 atom stereocenters. The van der Waals surface area contributed by atoms with E-state index >= 15 is 0 Å². The Labute approximate surface area is 133 Å².